The highest BCUT2D eigenvalue weighted by Gasteiger charge is 2.10. The van der Waals surface area contributed by atoms with Crippen molar-refractivity contribution in [1.82, 2.24) is 9.97 Å². The third-order valence-electron chi connectivity index (χ3n) is 2.96. The van der Waals surface area contributed by atoms with Gasteiger partial charge in [-0.05, 0) is 16.8 Å². The Balaban J connectivity index is 1.82. The van der Waals surface area contributed by atoms with E-state index in [1.165, 1.54) is 11.8 Å². The number of hydrogen-bond acceptors (Lipinski definition) is 4. The van der Waals surface area contributed by atoms with Gasteiger partial charge < -0.3 is 0 Å². The molecule has 0 N–H and O–H groups in total. The fourth-order valence-electron chi connectivity index (χ4n) is 2.04. The highest BCUT2D eigenvalue weighted by molar-refractivity contribution is 7.99. The van der Waals surface area contributed by atoms with E-state index >= 15 is 0 Å². The van der Waals surface area contributed by atoms with Gasteiger partial charge in [-0.25, -0.2) is 9.97 Å². The Morgan fingerprint density at radius 3 is 2.55 bits per heavy atom. The molecule has 0 spiro atoms. The second kappa shape index (κ2) is 5.84. The Bertz CT molecular complexity index is 738. The van der Waals surface area contributed by atoms with Gasteiger partial charge >= 0.3 is 0 Å². The first-order valence-electron chi connectivity index (χ1n) is 6.25. The first-order chi connectivity index (χ1) is 9.84. The van der Waals surface area contributed by atoms with Crippen molar-refractivity contribution in [2.45, 2.75) is 5.16 Å². The number of Topliss-reactive ketones (excluding diaryl/α,β-unsaturated/α-hetero) is 1. The number of carbonyl (C=O) groups is 1. The van der Waals surface area contributed by atoms with E-state index in [0.717, 1.165) is 16.3 Å². The number of aromatic nitrogens is 2. The summed E-state index contributed by atoms with van der Waals surface area (Å²) in [5, 5.41) is 2.70. The third-order valence-corrected chi connectivity index (χ3v) is 3.84. The van der Waals surface area contributed by atoms with Gasteiger partial charge in [-0.15, -0.1) is 0 Å². The van der Waals surface area contributed by atoms with Crippen molar-refractivity contribution in [1.29, 1.82) is 0 Å². The number of benzene rings is 2. The molecule has 0 aliphatic rings. The smallest absolute Gasteiger partial charge is 0.187 e. The lowest BCUT2D eigenvalue weighted by atomic mass is 10.0. The van der Waals surface area contributed by atoms with E-state index in [9.17, 15) is 4.79 Å². The largest absolute Gasteiger partial charge is 0.293 e. The van der Waals surface area contributed by atoms with Crippen molar-refractivity contribution in [2.75, 3.05) is 5.75 Å². The number of thioether (sulfide) groups is 1. The molecule has 3 rings (SSSR count). The summed E-state index contributed by atoms with van der Waals surface area (Å²) >= 11 is 1.36. The maximum absolute atomic E-state index is 12.4. The first-order valence-corrected chi connectivity index (χ1v) is 7.24. The summed E-state index contributed by atoms with van der Waals surface area (Å²) in [4.78, 5) is 20.6. The van der Waals surface area contributed by atoms with E-state index in [1.54, 1.807) is 18.5 Å². The average Bonchev–Trinajstić information content (AvgIpc) is 2.53. The van der Waals surface area contributed by atoms with Gasteiger partial charge in [0.15, 0.2) is 10.9 Å². The van der Waals surface area contributed by atoms with Crippen LogP contribution in [-0.2, 0) is 0 Å². The Morgan fingerprint density at radius 1 is 0.950 bits per heavy atom. The van der Waals surface area contributed by atoms with Gasteiger partial charge in [-0.1, -0.05) is 54.2 Å². The Morgan fingerprint density at radius 2 is 1.70 bits per heavy atom. The van der Waals surface area contributed by atoms with Crippen LogP contribution in [0.5, 0.6) is 0 Å². The SMILES string of the molecule is O=C(CSc1ncccn1)c1cccc2ccccc12. The Labute approximate surface area is 121 Å². The van der Waals surface area contributed by atoms with Crippen LogP contribution in [0.4, 0.5) is 0 Å². The number of carbonyl (C=O) groups excluding carboxylic acids is 1. The lowest BCUT2D eigenvalue weighted by Gasteiger charge is -2.05. The van der Waals surface area contributed by atoms with E-state index < -0.39 is 0 Å². The van der Waals surface area contributed by atoms with Gasteiger partial charge in [0.05, 0.1) is 5.75 Å². The van der Waals surface area contributed by atoms with Crippen molar-refractivity contribution in [2.24, 2.45) is 0 Å². The predicted molar refractivity (Wildman–Crippen MR) is 81.0 cm³/mol. The van der Waals surface area contributed by atoms with Gasteiger partial charge in [0, 0.05) is 18.0 Å². The number of hydrogen-bond donors (Lipinski definition) is 0. The maximum Gasteiger partial charge on any atom is 0.187 e. The van der Waals surface area contributed by atoms with Crippen LogP contribution < -0.4 is 0 Å². The molecule has 0 fully saturated rings. The van der Waals surface area contributed by atoms with Crippen LogP contribution in [0.25, 0.3) is 10.8 Å². The van der Waals surface area contributed by atoms with Gasteiger partial charge in [-0.3, -0.25) is 4.79 Å². The summed E-state index contributed by atoms with van der Waals surface area (Å²) in [6.07, 6.45) is 3.36. The van der Waals surface area contributed by atoms with Crippen molar-refractivity contribution in [3.8, 4) is 0 Å². The van der Waals surface area contributed by atoms with Gasteiger partial charge in [0.2, 0.25) is 0 Å². The van der Waals surface area contributed by atoms with E-state index in [2.05, 4.69) is 9.97 Å². The molecule has 1 aromatic heterocycles. The normalized spacial score (nSPS) is 10.6. The second-order valence-electron chi connectivity index (χ2n) is 4.27. The summed E-state index contributed by atoms with van der Waals surface area (Å²) in [5.41, 5.74) is 0.756. The molecule has 20 heavy (non-hydrogen) atoms. The van der Waals surface area contributed by atoms with Crippen LogP contribution in [0.15, 0.2) is 66.1 Å². The molecule has 0 aliphatic carbocycles. The molecular formula is C16H12N2OS. The zero-order chi connectivity index (χ0) is 13.8. The number of nitrogens with zero attached hydrogens (tertiary/aromatic N) is 2. The Kier molecular flexibility index (Phi) is 3.74. The van der Waals surface area contributed by atoms with Crippen molar-refractivity contribution >= 4 is 28.3 Å². The summed E-state index contributed by atoms with van der Waals surface area (Å²) < 4.78 is 0. The summed E-state index contributed by atoms with van der Waals surface area (Å²) in [6.45, 7) is 0. The summed E-state index contributed by atoms with van der Waals surface area (Å²) in [5.74, 6) is 0.442. The van der Waals surface area contributed by atoms with Crippen LogP contribution >= 0.6 is 11.8 Å². The van der Waals surface area contributed by atoms with Crippen LogP contribution in [0.1, 0.15) is 10.4 Å². The third kappa shape index (κ3) is 2.70. The van der Waals surface area contributed by atoms with Crippen molar-refractivity contribution in [3.63, 3.8) is 0 Å². The topological polar surface area (TPSA) is 42.9 Å². The molecule has 0 aliphatic heterocycles. The Hall–Kier alpha value is -2.20. The van der Waals surface area contributed by atoms with Crippen molar-refractivity contribution in [3.05, 3.63) is 66.5 Å². The molecule has 98 valence electrons. The minimum absolute atomic E-state index is 0.0965. The molecule has 2 aromatic carbocycles. The molecule has 0 radical (unpaired) electrons. The van der Waals surface area contributed by atoms with Crippen LogP contribution in [0, 0.1) is 0 Å². The molecule has 3 nitrogen and oxygen atoms in total. The summed E-state index contributed by atoms with van der Waals surface area (Å²) in [7, 11) is 0. The highest BCUT2D eigenvalue weighted by atomic mass is 32.2. The molecule has 0 saturated heterocycles. The highest BCUT2D eigenvalue weighted by Crippen LogP contribution is 2.21. The van der Waals surface area contributed by atoms with Crippen molar-refractivity contribution < 1.29 is 4.79 Å². The van der Waals surface area contributed by atoms with Crippen LogP contribution in [0.2, 0.25) is 0 Å². The molecular weight excluding hydrogens is 268 g/mol. The first kappa shape index (κ1) is 12.8. The monoisotopic (exact) mass is 280 g/mol. The molecule has 3 aromatic rings. The van der Waals surface area contributed by atoms with Gasteiger partial charge in [0.1, 0.15) is 0 Å². The van der Waals surface area contributed by atoms with E-state index in [4.69, 9.17) is 0 Å². The zero-order valence-corrected chi connectivity index (χ0v) is 11.5. The maximum atomic E-state index is 12.4. The van der Waals surface area contributed by atoms with E-state index in [0.29, 0.717) is 10.9 Å². The lowest BCUT2D eigenvalue weighted by molar-refractivity contribution is 0.102. The number of rotatable bonds is 4. The number of fused-ring (bicyclic) bond motifs is 1. The van der Waals surface area contributed by atoms with Crippen LogP contribution in [-0.4, -0.2) is 21.5 Å². The minimum atomic E-state index is 0.0965. The minimum Gasteiger partial charge on any atom is -0.293 e. The lowest BCUT2D eigenvalue weighted by Crippen LogP contribution is -2.03. The fraction of sp³-hybridized carbons (Fsp3) is 0.0625. The van der Waals surface area contributed by atoms with Crippen LogP contribution in [0.3, 0.4) is 0 Å². The molecule has 0 saturated carbocycles. The molecule has 1 heterocycles. The van der Waals surface area contributed by atoms with Gasteiger partial charge in [0.25, 0.3) is 0 Å². The fourth-order valence-corrected chi connectivity index (χ4v) is 2.72. The molecule has 0 amide bonds. The number of ketones is 1. The average molecular weight is 280 g/mol. The molecule has 0 unspecified atom stereocenters. The van der Waals surface area contributed by atoms with E-state index in [-0.39, 0.29) is 5.78 Å². The predicted octanol–water partition coefficient (Wildman–Crippen LogP) is 3.60. The standard InChI is InChI=1S/C16H12N2OS/c19-15(11-20-16-17-9-4-10-18-16)14-8-3-6-12-5-1-2-7-13(12)14/h1-10H,11H2. The van der Waals surface area contributed by atoms with Gasteiger partial charge in [-0.2, -0.15) is 0 Å². The quantitative estimate of drug-likeness (QED) is 0.416. The molecule has 0 atom stereocenters. The molecule has 0 bridgehead atoms. The van der Waals surface area contributed by atoms with E-state index in [1.807, 2.05) is 42.5 Å². The summed E-state index contributed by atoms with van der Waals surface area (Å²) in [6, 6.07) is 15.5. The second-order valence-corrected chi connectivity index (χ2v) is 5.21. The molecule has 4 heteroatoms. The zero-order valence-electron chi connectivity index (χ0n) is 10.7.